The molecule has 0 spiro atoms. The van der Waals surface area contributed by atoms with Gasteiger partial charge in [-0.25, -0.2) is 9.59 Å². The number of rotatable bonds is 8. The number of hydrogen-bond acceptors (Lipinski definition) is 6. The van der Waals surface area contributed by atoms with E-state index in [-0.39, 0.29) is 24.1 Å². The predicted octanol–water partition coefficient (Wildman–Crippen LogP) is 8.15. The van der Waals surface area contributed by atoms with E-state index in [1.807, 2.05) is 65.8 Å². The summed E-state index contributed by atoms with van der Waals surface area (Å²) in [5.74, 6) is -0.0197. The summed E-state index contributed by atoms with van der Waals surface area (Å²) in [6, 6.07) is 12.0. The molecule has 0 radical (unpaired) electrons. The van der Waals surface area contributed by atoms with Crippen LogP contribution in [0.2, 0.25) is 39.3 Å². The predicted molar refractivity (Wildman–Crippen MR) is 212 cm³/mol. The molecule has 2 aromatic carbocycles. The summed E-state index contributed by atoms with van der Waals surface area (Å²) < 4.78 is 10.7. The number of fused-ring (bicyclic) bond motifs is 2. The van der Waals surface area contributed by atoms with Crippen molar-refractivity contribution < 1.29 is 23.9 Å². The molecule has 0 heterocycles. The molecule has 0 fully saturated rings. The summed E-state index contributed by atoms with van der Waals surface area (Å²) in [7, 11) is -2.50. The molecule has 2 unspecified atom stereocenters. The van der Waals surface area contributed by atoms with Crippen LogP contribution in [-0.4, -0.2) is 62.8 Å². The lowest BCUT2D eigenvalue weighted by molar-refractivity contribution is 0.0492. The van der Waals surface area contributed by atoms with Gasteiger partial charge in [-0.05, 0) is 108 Å². The fourth-order valence-corrected chi connectivity index (χ4v) is 7.34. The van der Waals surface area contributed by atoms with Crippen molar-refractivity contribution in [1.29, 1.82) is 0 Å². The van der Waals surface area contributed by atoms with Gasteiger partial charge in [-0.15, -0.1) is 0 Å². The van der Waals surface area contributed by atoms with Crippen LogP contribution in [0.1, 0.15) is 105 Å². The Bertz CT molecular complexity index is 1440. The Hall–Kier alpha value is -3.23. The molecule has 50 heavy (non-hydrogen) atoms. The van der Waals surface area contributed by atoms with Crippen molar-refractivity contribution in [3.05, 3.63) is 69.8 Å². The van der Waals surface area contributed by atoms with E-state index in [1.165, 1.54) is 11.1 Å². The lowest BCUT2D eigenvalue weighted by Crippen LogP contribution is -2.39. The van der Waals surface area contributed by atoms with Crippen LogP contribution in [-0.2, 0) is 22.3 Å². The smallest absolute Gasteiger partial charge is 0.408 e. The first kappa shape index (κ1) is 41.2. The van der Waals surface area contributed by atoms with Crippen molar-refractivity contribution in [2.24, 2.45) is 0 Å². The second-order valence-corrected chi connectivity index (χ2v) is 29.1. The molecule has 0 aliphatic heterocycles. The third kappa shape index (κ3) is 13.8. The Morgan fingerprint density at radius 1 is 0.680 bits per heavy atom. The monoisotopic (exact) mass is 740 g/mol. The second kappa shape index (κ2) is 16.4. The van der Waals surface area contributed by atoms with Crippen LogP contribution in [0.5, 0.6) is 0 Å². The third-order valence-electron chi connectivity index (χ3n) is 7.91. The Balaban J connectivity index is 0.000000270. The lowest BCUT2D eigenvalue weighted by Gasteiger charge is -2.22. The molecule has 12 heteroatoms. The number of nitrogens with one attached hydrogen (secondary N) is 4. The lowest BCUT2D eigenvalue weighted by atomic mass is 10.0. The van der Waals surface area contributed by atoms with E-state index in [0.29, 0.717) is 5.56 Å². The molecular formula is C38H60N4O5SSi2. The molecule has 9 nitrogen and oxygen atoms in total. The van der Waals surface area contributed by atoms with Crippen molar-refractivity contribution in [2.75, 3.05) is 12.3 Å². The highest BCUT2D eigenvalue weighted by molar-refractivity contribution is 7.80. The van der Waals surface area contributed by atoms with E-state index in [9.17, 15) is 14.4 Å². The minimum atomic E-state index is -1.32. The quantitative estimate of drug-likeness (QED) is 0.159. The molecule has 0 aromatic heterocycles. The Morgan fingerprint density at radius 3 is 1.50 bits per heavy atom. The second-order valence-electron chi connectivity index (χ2n) is 17.8. The van der Waals surface area contributed by atoms with Crippen LogP contribution in [0.4, 0.5) is 9.59 Å². The number of aryl methyl sites for hydroxylation is 2. The first-order chi connectivity index (χ1) is 22.9. The molecule has 0 saturated heterocycles. The molecule has 3 amide bonds. The number of hydrogen-bond donors (Lipinski definition) is 4. The van der Waals surface area contributed by atoms with E-state index in [4.69, 9.17) is 21.7 Å². The highest BCUT2D eigenvalue weighted by atomic mass is 32.1. The van der Waals surface area contributed by atoms with Crippen LogP contribution >= 0.6 is 12.2 Å². The summed E-state index contributed by atoms with van der Waals surface area (Å²) in [6.07, 6.45) is 4.51. The first-order valence-electron chi connectivity index (χ1n) is 17.7. The fourth-order valence-electron chi connectivity index (χ4n) is 5.61. The van der Waals surface area contributed by atoms with Gasteiger partial charge in [0.2, 0.25) is 0 Å². The first-order valence-corrected chi connectivity index (χ1v) is 25.5. The molecule has 0 saturated carbocycles. The standard InChI is InChI=1S/C19H30N2O3Si.C19H30N2O2SSi/c1-19(2,3)24-18(23)21-16-10-8-13-11-14(7-9-15(13)16)17(22)20-12-25(4,5)6;1-19(2,3)23-18(22)21-16-10-8-13-11-14(7-9-15(13)16)17(24)20-12-25(4,5)6/h7,9,11,16H,8,10,12H2,1-6H3,(H,20,22)(H,21,23);7,9,11,16H,8,10,12H2,1-6H3,(H,20,24)(H,21,22). The zero-order chi connectivity index (χ0) is 37.7. The molecule has 0 bridgehead atoms. The Labute approximate surface area is 307 Å². The number of ether oxygens (including phenoxy) is 2. The number of alkyl carbamates (subject to hydrolysis) is 2. The van der Waals surface area contributed by atoms with Crippen LogP contribution in [0.15, 0.2) is 36.4 Å². The minimum Gasteiger partial charge on any atom is -0.444 e. The fraction of sp³-hybridized carbons (Fsp3) is 0.579. The molecule has 2 aromatic rings. The van der Waals surface area contributed by atoms with Gasteiger partial charge in [0.25, 0.3) is 5.91 Å². The van der Waals surface area contributed by atoms with Crippen molar-refractivity contribution in [2.45, 2.75) is 130 Å². The van der Waals surface area contributed by atoms with Gasteiger partial charge in [-0.3, -0.25) is 4.79 Å². The Morgan fingerprint density at radius 2 is 1.08 bits per heavy atom. The normalized spacial score (nSPS) is 17.0. The van der Waals surface area contributed by atoms with Gasteiger partial charge in [0, 0.05) is 23.5 Å². The van der Waals surface area contributed by atoms with Crippen LogP contribution in [0.3, 0.4) is 0 Å². The van der Waals surface area contributed by atoms with Crippen LogP contribution in [0, 0.1) is 0 Å². The molecule has 2 aliphatic carbocycles. The van der Waals surface area contributed by atoms with Gasteiger partial charge >= 0.3 is 12.2 Å². The van der Waals surface area contributed by atoms with Gasteiger partial charge in [0.15, 0.2) is 0 Å². The zero-order valence-corrected chi connectivity index (χ0v) is 35.1. The van der Waals surface area contributed by atoms with Crippen molar-refractivity contribution in [3.8, 4) is 0 Å². The number of amides is 3. The number of carbonyl (C=O) groups excluding carboxylic acids is 3. The number of benzene rings is 2. The highest BCUT2D eigenvalue weighted by Gasteiger charge is 2.28. The van der Waals surface area contributed by atoms with E-state index < -0.39 is 33.4 Å². The maximum absolute atomic E-state index is 12.3. The maximum atomic E-state index is 12.3. The molecule has 276 valence electrons. The van der Waals surface area contributed by atoms with E-state index in [2.05, 4.69) is 72.7 Å². The van der Waals surface area contributed by atoms with Gasteiger partial charge in [0.1, 0.15) is 16.2 Å². The summed E-state index contributed by atoms with van der Waals surface area (Å²) in [5.41, 5.74) is 5.39. The van der Waals surface area contributed by atoms with Crippen molar-refractivity contribution in [3.63, 3.8) is 0 Å². The SMILES string of the molecule is CC(C)(C)OC(=O)NC1CCc2cc(C(=O)NC[Si](C)(C)C)ccc21.CC(C)(C)OC(=O)NC1CCc2cc(C(=S)NC[Si](C)(C)C)ccc21. The third-order valence-corrected chi connectivity index (χ3v) is 10.8. The van der Waals surface area contributed by atoms with E-state index in [0.717, 1.165) is 59.7 Å². The average molecular weight is 741 g/mol. The number of carbonyl (C=O) groups is 3. The highest BCUT2D eigenvalue weighted by Crippen LogP contribution is 2.33. The molecule has 4 N–H and O–H groups in total. The molecular weight excluding hydrogens is 681 g/mol. The molecule has 2 aliphatic rings. The van der Waals surface area contributed by atoms with E-state index >= 15 is 0 Å². The van der Waals surface area contributed by atoms with Gasteiger partial charge in [0.05, 0.1) is 28.2 Å². The number of thiocarbonyl (C=S) groups is 1. The van der Waals surface area contributed by atoms with Crippen LogP contribution < -0.4 is 21.3 Å². The average Bonchev–Trinajstić information content (AvgIpc) is 3.55. The van der Waals surface area contributed by atoms with Gasteiger partial charge in [-0.1, -0.05) is 69.7 Å². The summed E-state index contributed by atoms with van der Waals surface area (Å²) >= 11 is 5.54. The zero-order valence-electron chi connectivity index (χ0n) is 32.3. The summed E-state index contributed by atoms with van der Waals surface area (Å²) in [5, 5.41) is 12.3. The molecule has 4 rings (SSSR count). The molecule has 2 atom stereocenters. The van der Waals surface area contributed by atoms with Gasteiger partial charge in [-0.2, -0.15) is 0 Å². The van der Waals surface area contributed by atoms with E-state index in [1.54, 1.807) is 0 Å². The van der Waals surface area contributed by atoms with Gasteiger partial charge < -0.3 is 30.7 Å². The largest absolute Gasteiger partial charge is 0.444 e. The minimum absolute atomic E-state index is 0.0161. The van der Waals surface area contributed by atoms with Crippen LogP contribution in [0.25, 0.3) is 0 Å². The maximum Gasteiger partial charge on any atom is 0.408 e. The van der Waals surface area contributed by atoms with Crippen molar-refractivity contribution in [1.82, 2.24) is 21.3 Å². The summed E-state index contributed by atoms with van der Waals surface area (Å²) in [4.78, 5) is 37.1. The topological polar surface area (TPSA) is 118 Å². The summed E-state index contributed by atoms with van der Waals surface area (Å²) in [6.45, 7) is 24.8. The van der Waals surface area contributed by atoms with Crippen molar-refractivity contribution >= 4 is 51.4 Å². The Kier molecular flexibility index (Phi) is 13.5.